The van der Waals surface area contributed by atoms with Gasteiger partial charge >= 0.3 is 0 Å². The number of aromatic amines is 1. The number of hydrogen-bond acceptors (Lipinski definition) is 7. The Labute approximate surface area is 180 Å². The number of H-pyrrole nitrogens is 1. The van der Waals surface area contributed by atoms with E-state index in [1.54, 1.807) is 42.5 Å². The fourth-order valence-corrected chi connectivity index (χ4v) is 5.11. The minimum absolute atomic E-state index is 0.258. The maximum absolute atomic E-state index is 12.8. The van der Waals surface area contributed by atoms with E-state index in [0.717, 1.165) is 0 Å². The van der Waals surface area contributed by atoms with Gasteiger partial charge in [-0.1, -0.05) is 18.2 Å². The lowest BCUT2D eigenvalue weighted by molar-refractivity contribution is 0.178. The van der Waals surface area contributed by atoms with Gasteiger partial charge in [0.15, 0.2) is 11.5 Å². The molecule has 0 radical (unpaired) electrons. The third kappa shape index (κ3) is 4.27. The van der Waals surface area contributed by atoms with Crippen LogP contribution in [0.4, 0.5) is 0 Å². The summed E-state index contributed by atoms with van der Waals surface area (Å²) in [4.78, 5) is 22.3. The van der Waals surface area contributed by atoms with Crippen molar-refractivity contribution < 1.29 is 17.9 Å². The van der Waals surface area contributed by atoms with Crippen LogP contribution in [0.15, 0.2) is 52.2 Å². The second-order valence-electron chi connectivity index (χ2n) is 7.23. The van der Waals surface area contributed by atoms with Crippen molar-refractivity contribution in [3.05, 3.63) is 58.6 Å². The Bertz CT molecular complexity index is 1240. The predicted octanol–water partition coefficient (Wildman–Crippen LogP) is 1.45. The molecule has 0 atom stereocenters. The highest BCUT2D eigenvalue weighted by molar-refractivity contribution is 7.89. The van der Waals surface area contributed by atoms with Gasteiger partial charge in [0.05, 0.1) is 36.6 Å². The van der Waals surface area contributed by atoms with Gasteiger partial charge < -0.3 is 14.5 Å². The minimum Gasteiger partial charge on any atom is -0.493 e. The molecule has 0 saturated carbocycles. The van der Waals surface area contributed by atoms with Gasteiger partial charge in [-0.15, -0.1) is 0 Å². The van der Waals surface area contributed by atoms with Crippen molar-refractivity contribution in [3.63, 3.8) is 0 Å². The van der Waals surface area contributed by atoms with Crippen LogP contribution in [-0.2, 0) is 16.6 Å². The molecular weight excluding hydrogens is 420 g/mol. The van der Waals surface area contributed by atoms with Crippen LogP contribution in [0.25, 0.3) is 10.9 Å². The summed E-state index contributed by atoms with van der Waals surface area (Å²) in [7, 11) is -0.461. The molecule has 0 aliphatic carbocycles. The number of nitrogens with zero attached hydrogens (tertiary/aromatic N) is 3. The van der Waals surface area contributed by atoms with Gasteiger partial charge in [-0.05, 0) is 18.2 Å². The van der Waals surface area contributed by atoms with E-state index in [4.69, 9.17) is 9.47 Å². The van der Waals surface area contributed by atoms with Crippen LogP contribution in [0.5, 0.6) is 11.5 Å². The molecule has 2 heterocycles. The highest BCUT2D eigenvalue weighted by atomic mass is 32.2. The molecule has 0 spiro atoms. The summed E-state index contributed by atoms with van der Waals surface area (Å²) in [6, 6.07) is 11.7. The Kier molecular flexibility index (Phi) is 5.94. The van der Waals surface area contributed by atoms with Crippen LogP contribution in [0.2, 0.25) is 0 Å². The first-order valence-electron chi connectivity index (χ1n) is 9.85. The molecule has 1 fully saturated rings. The molecular formula is C21H24N4O5S. The van der Waals surface area contributed by atoms with E-state index >= 15 is 0 Å². The van der Waals surface area contributed by atoms with Crippen molar-refractivity contribution in [3.8, 4) is 11.5 Å². The molecule has 3 aromatic rings. The summed E-state index contributed by atoms with van der Waals surface area (Å²) >= 11 is 0. The molecule has 2 aromatic carbocycles. The molecule has 1 aliphatic heterocycles. The standard InChI is InChI=1S/C21H24N4O5S/c1-29-18-12-16-17(13-19(18)30-2)22-20(23-21(16)26)14-24-8-10-25(11-9-24)31(27,28)15-6-4-3-5-7-15/h3-7,12-13H,8-11,14H2,1-2H3,(H,22,23,26). The van der Waals surface area contributed by atoms with Gasteiger partial charge in [0.1, 0.15) is 5.82 Å². The molecule has 164 valence electrons. The maximum Gasteiger partial charge on any atom is 0.258 e. The smallest absolute Gasteiger partial charge is 0.258 e. The van der Waals surface area contributed by atoms with Crippen LogP contribution in [0, 0.1) is 0 Å². The van der Waals surface area contributed by atoms with Gasteiger partial charge in [-0.2, -0.15) is 4.31 Å². The first-order valence-corrected chi connectivity index (χ1v) is 11.3. The summed E-state index contributed by atoms with van der Waals surface area (Å²) in [6.07, 6.45) is 0. The number of fused-ring (bicyclic) bond motifs is 1. The van der Waals surface area contributed by atoms with Crippen LogP contribution in [0.3, 0.4) is 0 Å². The molecule has 0 bridgehead atoms. The molecule has 10 heteroatoms. The number of aromatic nitrogens is 2. The van der Waals surface area contributed by atoms with E-state index in [-0.39, 0.29) is 5.56 Å². The topological polar surface area (TPSA) is 105 Å². The van der Waals surface area contributed by atoms with E-state index in [9.17, 15) is 13.2 Å². The lowest BCUT2D eigenvalue weighted by atomic mass is 10.2. The van der Waals surface area contributed by atoms with E-state index in [2.05, 4.69) is 14.9 Å². The largest absolute Gasteiger partial charge is 0.493 e. The number of sulfonamides is 1. The Morgan fingerprint density at radius 2 is 1.65 bits per heavy atom. The third-order valence-electron chi connectivity index (χ3n) is 5.35. The number of hydrogen-bond donors (Lipinski definition) is 1. The second kappa shape index (κ2) is 8.66. The monoisotopic (exact) mass is 444 g/mol. The van der Waals surface area contributed by atoms with E-state index in [1.165, 1.54) is 18.5 Å². The lowest BCUT2D eigenvalue weighted by Crippen LogP contribution is -2.48. The maximum atomic E-state index is 12.8. The summed E-state index contributed by atoms with van der Waals surface area (Å²) in [5.41, 5.74) is 0.257. The van der Waals surface area contributed by atoms with Gasteiger partial charge in [-0.25, -0.2) is 13.4 Å². The van der Waals surface area contributed by atoms with Crippen molar-refractivity contribution in [1.29, 1.82) is 0 Å². The van der Waals surface area contributed by atoms with Crippen molar-refractivity contribution in [2.24, 2.45) is 0 Å². The Hall–Kier alpha value is -2.95. The molecule has 1 saturated heterocycles. The summed E-state index contributed by atoms with van der Waals surface area (Å²) in [5, 5.41) is 0.417. The normalized spacial score (nSPS) is 15.8. The zero-order chi connectivity index (χ0) is 22.0. The van der Waals surface area contributed by atoms with Gasteiger partial charge in [0.25, 0.3) is 5.56 Å². The molecule has 4 rings (SSSR count). The van der Waals surface area contributed by atoms with Crippen LogP contribution in [0.1, 0.15) is 5.82 Å². The summed E-state index contributed by atoms with van der Waals surface area (Å²) in [5.74, 6) is 1.48. The second-order valence-corrected chi connectivity index (χ2v) is 9.17. The fraction of sp³-hybridized carbons (Fsp3) is 0.333. The molecule has 1 aromatic heterocycles. The van der Waals surface area contributed by atoms with Crippen molar-refractivity contribution in [2.45, 2.75) is 11.4 Å². The highest BCUT2D eigenvalue weighted by Gasteiger charge is 2.28. The number of ether oxygens (including phenoxy) is 2. The van der Waals surface area contributed by atoms with E-state index in [1.807, 2.05) is 0 Å². The zero-order valence-electron chi connectivity index (χ0n) is 17.4. The molecule has 1 N–H and O–H groups in total. The van der Waals surface area contributed by atoms with Crippen molar-refractivity contribution in [1.82, 2.24) is 19.2 Å². The number of methoxy groups -OCH3 is 2. The number of benzene rings is 2. The zero-order valence-corrected chi connectivity index (χ0v) is 18.2. The number of nitrogens with one attached hydrogen (secondary N) is 1. The van der Waals surface area contributed by atoms with E-state index < -0.39 is 10.0 Å². The first-order chi connectivity index (χ1) is 14.9. The van der Waals surface area contributed by atoms with Crippen molar-refractivity contribution in [2.75, 3.05) is 40.4 Å². The Morgan fingerprint density at radius 3 is 2.29 bits per heavy atom. The van der Waals surface area contributed by atoms with Crippen LogP contribution in [-0.4, -0.2) is 68.0 Å². The molecule has 0 unspecified atom stereocenters. The molecule has 1 aliphatic rings. The lowest BCUT2D eigenvalue weighted by Gasteiger charge is -2.33. The average Bonchev–Trinajstić information content (AvgIpc) is 2.79. The SMILES string of the molecule is COc1cc2nc(CN3CCN(S(=O)(=O)c4ccccc4)CC3)[nH]c(=O)c2cc1OC. The Morgan fingerprint density at radius 1 is 1.00 bits per heavy atom. The Balaban J connectivity index is 1.49. The first kappa shape index (κ1) is 21.3. The molecule has 31 heavy (non-hydrogen) atoms. The van der Waals surface area contributed by atoms with Crippen LogP contribution >= 0.6 is 0 Å². The predicted molar refractivity (Wildman–Crippen MR) is 116 cm³/mol. The van der Waals surface area contributed by atoms with E-state index in [0.29, 0.717) is 65.8 Å². The number of rotatable bonds is 6. The summed E-state index contributed by atoms with van der Waals surface area (Å²) in [6.45, 7) is 2.25. The van der Waals surface area contributed by atoms with Gasteiger partial charge in [0, 0.05) is 32.2 Å². The van der Waals surface area contributed by atoms with Gasteiger partial charge in [0.2, 0.25) is 10.0 Å². The minimum atomic E-state index is -3.50. The van der Waals surface area contributed by atoms with Crippen molar-refractivity contribution >= 4 is 20.9 Å². The molecule has 0 amide bonds. The quantitative estimate of drug-likeness (QED) is 0.613. The van der Waals surface area contributed by atoms with Crippen LogP contribution < -0.4 is 15.0 Å². The average molecular weight is 445 g/mol. The fourth-order valence-electron chi connectivity index (χ4n) is 3.67. The molecule has 9 nitrogen and oxygen atoms in total. The summed E-state index contributed by atoms with van der Waals surface area (Å²) < 4.78 is 37.6. The van der Waals surface area contributed by atoms with Gasteiger partial charge in [-0.3, -0.25) is 9.69 Å². The number of piperazine rings is 1. The third-order valence-corrected chi connectivity index (χ3v) is 7.26. The highest BCUT2D eigenvalue weighted by Crippen LogP contribution is 2.30.